The molecule has 0 aromatic heterocycles. The van der Waals surface area contributed by atoms with E-state index in [2.05, 4.69) is 10.6 Å². The van der Waals surface area contributed by atoms with Gasteiger partial charge in [-0.25, -0.2) is 14.4 Å². The van der Waals surface area contributed by atoms with E-state index in [9.17, 15) is 29.1 Å². The summed E-state index contributed by atoms with van der Waals surface area (Å²) in [6, 6.07) is 6.37. The molecular weight excluding hydrogens is 590 g/mol. The van der Waals surface area contributed by atoms with Crippen molar-refractivity contribution in [1.82, 2.24) is 25.3 Å². The number of hydrogen-bond acceptors (Lipinski definition) is 9. The van der Waals surface area contributed by atoms with Crippen LogP contribution in [-0.4, -0.2) is 123 Å². The largest absolute Gasteiger partial charge is 0.475 e. The highest BCUT2D eigenvalue weighted by molar-refractivity contribution is 7.99. The number of nitrogens with one attached hydrogen (secondary N) is 2. The average Bonchev–Trinajstić information content (AvgIpc) is 3.46. The molecule has 0 spiro atoms. The van der Waals surface area contributed by atoms with Crippen LogP contribution in [0.15, 0.2) is 30.3 Å². The standard InChI is InChI=1S/C30H43N5O8S/c1-18-23(32-28(40)34-13-11-20(12-14-34)33(5)29(41)43-30(2,3)4)26(42-18)35-17-44-16-22(35)25(37)31-21(24(36)27(38)39)15-19-9-7-6-8-10-19/h6-10,18,20-23,26H,11-17H2,1-5H3,(H,31,37)(H,32,40)(H,38,39)/t18?,21-,22-,23-,26?/m0/s1. The predicted octanol–water partition coefficient (Wildman–Crippen LogP) is 1.90. The molecule has 1 aromatic rings. The van der Waals surface area contributed by atoms with E-state index in [-0.39, 0.29) is 36.7 Å². The Morgan fingerprint density at radius 2 is 1.80 bits per heavy atom. The minimum Gasteiger partial charge on any atom is -0.475 e. The number of carboxylic acid groups (broad SMARTS) is 1. The fourth-order valence-electron chi connectivity index (χ4n) is 5.59. The van der Waals surface area contributed by atoms with Gasteiger partial charge >= 0.3 is 18.1 Å². The molecule has 3 saturated heterocycles. The van der Waals surface area contributed by atoms with Crippen LogP contribution >= 0.6 is 11.8 Å². The lowest BCUT2D eigenvalue weighted by Gasteiger charge is -2.49. The van der Waals surface area contributed by atoms with E-state index in [4.69, 9.17) is 9.47 Å². The summed E-state index contributed by atoms with van der Waals surface area (Å²) in [5.41, 5.74) is 0.140. The molecule has 2 unspecified atom stereocenters. The predicted molar refractivity (Wildman–Crippen MR) is 163 cm³/mol. The van der Waals surface area contributed by atoms with Crippen molar-refractivity contribution in [3.8, 4) is 0 Å². The molecule has 4 rings (SSSR count). The van der Waals surface area contributed by atoms with Gasteiger partial charge in [0.1, 0.15) is 23.9 Å². The smallest absolute Gasteiger partial charge is 0.410 e. The van der Waals surface area contributed by atoms with Crippen LogP contribution < -0.4 is 10.6 Å². The van der Waals surface area contributed by atoms with Crippen molar-refractivity contribution in [3.05, 3.63) is 35.9 Å². The highest BCUT2D eigenvalue weighted by atomic mass is 32.2. The molecule has 0 saturated carbocycles. The van der Waals surface area contributed by atoms with Gasteiger partial charge in [0.15, 0.2) is 0 Å². The summed E-state index contributed by atoms with van der Waals surface area (Å²) in [7, 11) is 1.72. The first-order valence-corrected chi connectivity index (χ1v) is 16.0. The molecule has 0 radical (unpaired) electrons. The number of ketones is 1. The number of thioether (sulfide) groups is 1. The lowest BCUT2D eigenvalue weighted by molar-refractivity contribution is -0.215. The number of carbonyl (C=O) groups excluding carboxylic acids is 4. The Morgan fingerprint density at radius 3 is 2.39 bits per heavy atom. The Labute approximate surface area is 262 Å². The van der Waals surface area contributed by atoms with Crippen molar-refractivity contribution >= 4 is 41.5 Å². The quantitative estimate of drug-likeness (QED) is 0.343. The number of carboxylic acids is 1. The van der Waals surface area contributed by atoms with Crippen LogP contribution in [0.5, 0.6) is 0 Å². The minimum absolute atomic E-state index is 0.0350. The number of nitrogens with zero attached hydrogens (tertiary/aromatic N) is 3. The fourth-order valence-corrected chi connectivity index (χ4v) is 6.80. The van der Waals surface area contributed by atoms with Gasteiger partial charge in [0, 0.05) is 44.2 Å². The summed E-state index contributed by atoms with van der Waals surface area (Å²) in [4.78, 5) is 68.2. The number of piperidine rings is 1. The average molecular weight is 634 g/mol. The van der Waals surface area contributed by atoms with Crippen LogP contribution in [0, 0.1) is 0 Å². The Balaban J connectivity index is 1.33. The molecule has 0 bridgehead atoms. The summed E-state index contributed by atoms with van der Waals surface area (Å²) in [5, 5.41) is 15.1. The van der Waals surface area contributed by atoms with E-state index in [0.717, 1.165) is 5.56 Å². The summed E-state index contributed by atoms with van der Waals surface area (Å²) in [5.74, 6) is -2.25. The second-order valence-electron chi connectivity index (χ2n) is 12.5. The molecule has 1 aromatic carbocycles. The van der Waals surface area contributed by atoms with Crippen molar-refractivity contribution in [2.45, 2.75) is 89.1 Å². The number of urea groups is 1. The second-order valence-corrected chi connectivity index (χ2v) is 13.5. The molecule has 13 nitrogen and oxygen atoms in total. The minimum atomic E-state index is -1.61. The lowest BCUT2D eigenvalue weighted by atomic mass is 10.0. The summed E-state index contributed by atoms with van der Waals surface area (Å²) < 4.78 is 11.5. The van der Waals surface area contributed by atoms with Crippen molar-refractivity contribution in [1.29, 1.82) is 0 Å². The van der Waals surface area contributed by atoms with E-state index in [0.29, 0.717) is 37.6 Å². The molecule has 4 amide bonds. The normalized spacial score (nSPS) is 25.0. The molecule has 3 N–H and O–H groups in total. The highest BCUT2D eigenvalue weighted by Crippen LogP contribution is 2.33. The maximum atomic E-state index is 13.4. The van der Waals surface area contributed by atoms with E-state index in [1.54, 1.807) is 41.1 Å². The molecular formula is C30H43N5O8S. The molecule has 3 aliphatic heterocycles. The highest BCUT2D eigenvalue weighted by Gasteiger charge is 2.50. The zero-order valence-corrected chi connectivity index (χ0v) is 26.7. The maximum absolute atomic E-state index is 13.4. The number of likely N-dealkylation sites (tertiary alicyclic amines) is 1. The van der Waals surface area contributed by atoms with E-state index in [1.807, 2.05) is 38.7 Å². The number of amides is 4. The van der Waals surface area contributed by atoms with Gasteiger partial charge in [0.2, 0.25) is 5.91 Å². The number of ether oxygens (including phenoxy) is 2. The van der Waals surface area contributed by atoms with Crippen molar-refractivity contribution < 1.29 is 38.6 Å². The topological polar surface area (TPSA) is 158 Å². The Hall–Kier alpha value is -3.36. The van der Waals surface area contributed by atoms with Gasteiger partial charge in [-0.15, -0.1) is 11.8 Å². The second kappa shape index (κ2) is 14.2. The van der Waals surface area contributed by atoms with E-state index < -0.39 is 41.6 Å². The van der Waals surface area contributed by atoms with Gasteiger partial charge in [-0.2, -0.15) is 0 Å². The fraction of sp³-hybridized carbons (Fsp3) is 0.633. The van der Waals surface area contributed by atoms with Crippen LogP contribution in [0.2, 0.25) is 0 Å². The number of hydrogen-bond donors (Lipinski definition) is 3. The molecule has 44 heavy (non-hydrogen) atoms. The van der Waals surface area contributed by atoms with Gasteiger partial charge in [-0.1, -0.05) is 30.3 Å². The van der Waals surface area contributed by atoms with Crippen LogP contribution in [0.4, 0.5) is 9.59 Å². The number of Topliss-reactive ketones (excluding diaryl/α,β-unsaturated/α-hetero) is 1. The first-order chi connectivity index (χ1) is 20.7. The van der Waals surface area contributed by atoms with Crippen molar-refractivity contribution in [3.63, 3.8) is 0 Å². The third-order valence-corrected chi connectivity index (χ3v) is 9.14. The number of aliphatic carboxylic acids is 1. The third kappa shape index (κ3) is 8.21. The third-order valence-electron chi connectivity index (χ3n) is 8.11. The van der Waals surface area contributed by atoms with Gasteiger partial charge in [0.25, 0.3) is 5.78 Å². The summed E-state index contributed by atoms with van der Waals surface area (Å²) >= 11 is 1.52. The molecule has 14 heteroatoms. The van der Waals surface area contributed by atoms with Crippen LogP contribution in [0.25, 0.3) is 0 Å². The zero-order chi connectivity index (χ0) is 32.2. The van der Waals surface area contributed by atoms with E-state index in [1.165, 1.54) is 11.8 Å². The molecule has 242 valence electrons. The van der Waals surface area contributed by atoms with Crippen molar-refractivity contribution in [2.24, 2.45) is 0 Å². The number of carbonyl (C=O) groups is 5. The van der Waals surface area contributed by atoms with Crippen molar-refractivity contribution in [2.75, 3.05) is 31.8 Å². The van der Waals surface area contributed by atoms with Gasteiger partial charge in [0.05, 0.1) is 12.1 Å². The van der Waals surface area contributed by atoms with Gasteiger partial charge in [-0.3, -0.25) is 14.5 Å². The summed E-state index contributed by atoms with van der Waals surface area (Å²) in [6.45, 7) is 8.26. The molecule has 3 heterocycles. The van der Waals surface area contributed by atoms with Crippen LogP contribution in [-0.2, 0) is 30.3 Å². The SMILES string of the molecule is CC1OC(N2CSC[C@H]2C(=O)N[C@@H](Cc2ccccc2)C(=O)C(=O)O)[C@H]1NC(=O)N1CCC(N(C)C(=O)OC(C)(C)C)CC1. The Kier molecular flexibility index (Phi) is 10.8. The molecule has 5 atom stereocenters. The Bertz CT molecular complexity index is 1220. The first-order valence-electron chi connectivity index (χ1n) is 14.9. The Morgan fingerprint density at radius 1 is 1.14 bits per heavy atom. The monoisotopic (exact) mass is 633 g/mol. The van der Waals surface area contributed by atoms with E-state index >= 15 is 0 Å². The van der Waals surface area contributed by atoms with Gasteiger partial charge in [-0.05, 0) is 46.1 Å². The zero-order valence-electron chi connectivity index (χ0n) is 25.9. The van der Waals surface area contributed by atoms with Crippen LogP contribution in [0.3, 0.4) is 0 Å². The van der Waals surface area contributed by atoms with Gasteiger partial charge < -0.3 is 35.0 Å². The number of rotatable bonds is 9. The molecule has 0 aliphatic carbocycles. The van der Waals surface area contributed by atoms with Crippen LogP contribution in [0.1, 0.15) is 46.1 Å². The lowest BCUT2D eigenvalue weighted by Crippen LogP contribution is -2.70. The molecule has 3 aliphatic rings. The first kappa shape index (κ1) is 33.5. The number of benzene rings is 1. The summed E-state index contributed by atoms with van der Waals surface area (Å²) in [6.07, 6.45) is 0.0646. The maximum Gasteiger partial charge on any atom is 0.410 e. The molecule has 3 fully saturated rings.